The van der Waals surface area contributed by atoms with E-state index < -0.39 is 39.2 Å². The second-order valence-corrected chi connectivity index (χ2v) is 5.18. The van der Waals surface area contributed by atoms with Gasteiger partial charge in [-0.05, 0) is 6.92 Å². The Morgan fingerprint density at radius 2 is 1.72 bits per heavy atom. The van der Waals surface area contributed by atoms with Gasteiger partial charge in [-0.2, -0.15) is 0 Å². The van der Waals surface area contributed by atoms with Crippen LogP contribution in [0.5, 0.6) is 0 Å². The molecular weight excluding hydrogens is 338 g/mol. The second-order valence-electron chi connectivity index (χ2n) is 5.18. The van der Waals surface area contributed by atoms with E-state index in [1.807, 2.05) is 0 Å². The van der Waals surface area contributed by atoms with Crippen molar-refractivity contribution < 1.29 is 29.3 Å². The van der Waals surface area contributed by atoms with E-state index in [9.17, 15) is 34.9 Å². The molecule has 1 rings (SSSR count). The summed E-state index contributed by atoms with van der Waals surface area (Å²) in [5.74, 6) is -1.37. The number of non-ortho nitro benzene ring substituents is 2. The van der Waals surface area contributed by atoms with E-state index in [0.717, 1.165) is 23.1 Å². The zero-order chi connectivity index (χ0) is 19.1. The van der Waals surface area contributed by atoms with E-state index in [1.165, 1.54) is 14.0 Å². The van der Waals surface area contributed by atoms with Crippen molar-refractivity contribution in [3.8, 4) is 0 Å². The second kappa shape index (κ2) is 8.68. The molecule has 0 spiro atoms. The summed E-state index contributed by atoms with van der Waals surface area (Å²) in [7, 11) is 1.17. The van der Waals surface area contributed by atoms with Crippen LogP contribution in [0.4, 0.5) is 11.4 Å². The molecular formula is C14H17N3O8. The van der Waals surface area contributed by atoms with Gasteiger partial charge in [0.15, 0.2) is 0 Å². The summed E-state index contributed by atoms with van der Waals surface area (Å²) in [5, 5.41) is 31.3. The standard InChI is InChI=1S/C14H17N3O8/c1-9(18)8-15(4-3-13(19)25-2)14(20)10-5-11(16(21)22)7-12(6-10)17(23)24/h5-7,9,18H,3-4,8H2,1-2H3. The van der Waals surface area contributed by atoms with E-state index >= 15 is 0 Å². The Balaban J connectivity index is 3.19. The maximum atomic E-state index is 12.5. The van der Waals surface area contributed by atoms with E-state index in [-0.39, 0.29) is 25.1 Å². The maximum Gasteiger partial charge on any atom is 0.307 e. The molecule has 0 aliphatic heterocycles. The number of nitro benzene ring substituents is 2. The molecule has 1 amide bonds. The van der Waals surface area contributed by atoms with Gasteiger partial charge in [0.05, 0.1) is 41.1 Å². The summed E-state index contributed by atoms with van der Waals surface area (Å²) in [5.41, 5.74) is -1.50. The Labute approximate surface area is 142 Å². The monoisotopic (exact) mass is 355 g/mol. The number of methoxy groups -OCH3 is 1. The molecule has 0 aromatic heterocycles. The highest BCUT2D eigenvalue weighted by atomic mass is 16.6. The highest BCUT2D eigenvalue weighted by molar-refractivity contribution is 5.95. The van der Waals surface area contributed by atoms with Gasteiger partial charge in [-0.25, -0.2) is 0 Å². The molecule has 1 N–H and O–H groups in total. The molecule has 0 aliphatic carbocycles. The van der Waals surface area contributed by atoms with Crippen molar-refractivity contribution in [1.29, 1.82) is 0 Å². The predicted octanol–water partition coefficient (Wildman–Crippen LogP) is 0.889. The number of benzene rings is 1. The number of nitro groups is 2. The maximum absolute atomic E-state index is 12.5. The summed E-state index contributed by atoms with van der Waals surface area (Å²) in [4.78, 5) is 45.0. The number of amides is 1. The largest absolute Gasteiger partial charge is 0.469 e. The number of aliphatic hydroxyl groups is 1. The summed E-state index contributed by atoms with van der Waals surface area (Å²) < 4.78 is 4.47. The van der Waals surface area contributed by atoms with Crippen LogP contribution in [-0.2, 0) is 9.53 Å². The summed E-state index contributed by atoms with van der Waals surface area (Å²) in [6.45, 7) is 1.13. The van der Waals surface area contributed by atoms with Crippen LogP contribution in [0.1, 0.15) is 23.7 Å². The Kier molecular flexibility index (Phi) is 6.93. The average Bonchev–Trinajstić information content (AvgIpc) is 2.56. The van der Waals surface area contributed by atoms with Crippen molar-refractivity contribution in [2.75, 3.05) is 20.2 Å². The highest BCUT2D eigenvalue weighted by Crippen LogP contribution is 2.23. The van der Waals surface area contributed by atoms with Crippen molar-refractivity contribution in [2.45, 2.75) is 19.4 Å². The number of rotatable bonds is 8. The van der Waals surface area contributed by atoms with Crippen molar-refractivity contribution in [3.05, 3.63) is 44.0 Å². The van der Waals surface area contributed by atoms with Crippen molar-refractivity contribution in [2.24, 2.45) is 0 Å². The molecule has 0 saturated heterocycles. The Hall–Kier alpha value is -3.08. The minimum Gasteiger partial charge on any atom is -0.469 e. The van der Waals surface area contributed by atoms with E-state index in [2.05, 4.69) is 4.74 Å². The van der Waals surface area contributed by atoms with Crippen molar-refractivity contribution >= 4 is 23.3 Å². The Bertz CT molecular complexity index is 656. The molecule has 0 radical (unpaired) electrons. The molecule has 1 atom stereocenters. The molecule has 0 aliphatic rings. The fourth-order valence-corrected chi connectivity index (χ4v) is 2.04. The van der Waals surface area contributed by atoms with E-state index in [1.54, 1.807) is 0 Å². The van der Waals surface area contributed by atoms with Crippen LogP contribution >= 0.6 is 0 Å². The van der Waals surface area contributed by atoms with Crippen LogP contribution in [-0.4, -0.2) is 58.0 Å². The van der Waals surface area contributed by atoms with Gasteiger partial charge in [-0.3, -0.25) is 29.8 Å². The normalized spacial score (nSPS) is 11.5. The number of hydrogen-bond acceptors (Lipinski definition) is 8. The van der Waals surface area contributed by atoms with Crippen LogP contribution < -0.4 is 0 Å². The number of esters is 1. The lowest BCUT2D eigenvalue weighted by atomic mass is 10.1. The van der Waals surface area contributed by atoms with Gasteiger partial charge in [-0.15, -0.1) is 0 Å². The molecule has 136 valence electrons. The Morgan fingerprint density at radius 1 is 1.20 bits per heavy atom. The summed E-state index contributed by atoms with van der Waals surface area (Å²) >= 11 is 0. The summed E-state index contributed by atoms with van der Waals surface area (Å²) in [6.07, 6.45) is -1.10. The molecule has 1 aromatic rings. The molecule has 1 unspecified atom stereocenters. The van der Waals surface area contributed by atoms with Gasteiger partial charge in [-0.1, -0.05) is 0 Å². The molecule has 25 heavy (non-hydrogen) atoms. The number of nitrogens with zero attached hydrogens (tertiary/aromatic N) is 3. The third-order valence-corrected chi connectivity index (χ3v) is 3.16. The lowest BCUT2D eigenvalue weighted by molar-refractivity contribution is -0.394. The molecule has 0 saturated carbocycles. The number of carbonyl (C=O) groups is 2. The highest BCUT2D eigenvalue weighted by Gasteiger charge is 2.24. The molecule has 0 fully saturated rings. The summed E-state index contributed by atoms with van der Waals surface area (Å²) in [6, 6.07) is 2.55. The fraction of sp³-hybridized carbons (Fsp3) is 0.429. The van der Waals surface area contributed by atoms with Gasteiger partial charge in [0.1, 0.15) is 0 Å². The first-order valence-electron chi connectivity index (χ1n) is 7.13. The van der Waals surface area contributed by atoms with Crippen LogP contribution in [0.3, 0.4) is 0 Å². The van der Waals surface area contributed by atoms with E-state index in [4.69, 9.17) is 0 Å². The minimum absolute atomic E-state index is 0.118. The lowest BCUT2D eigenvalue weighted by Crippen LogP contribution is -2.38. The SMILES string of the molecule is COC(=O)CCN(CC(C)O)C(=O)c1cc([N+](=O)[O-])cc([N+](=O)[O-])c1. The van der Waals surface area contributed by atoms with Crippen LogP contribution in [0, 0.1) is 20.2 Å². The quantitative estimate of drug-likeness (QED) is 0.410. The number of ether oxygens (including phenoxy) is 1. The first-order valence-corrected chi connectivity index (χ1v) is 7.13. The smallest absolute Gasteiger partial charge is 0.307 e. The molecule has 0 heterocycles. The van der Waals surface area contributed by atoms with Gasteiger partial charge in [0, 0.05) is 25.2 Å². The molecule has 0 bridgehead atoms. The third-order valence-electron chi connectivity index (χ3n) is 3.16. The average molecular weight is 355 g/mol. The predicted molar refractivity (Wildman–Crippen MR) is 84.0 cm³/mol. The zero-order valence-corrected chi connectivity index (χ0v) is 13.6. The van der Waals surface area contributed by atoms with Gasteiger partial charge < -0.3 is 14.7 Å². The van der Waals surface area contributed by atoms with Gasteiger partial charge >= 0.3 is 5.97 Å². The minimum atomic E-state index is -0.935. The van der Waals surface area contributed by atoms with Crippen molar-refractivity contribution in [3.63, 3.8) is 0 Å². The number of hydrogen-bond donors (Lipinski definition) is 1. The zero-order valence-electron chi connectivity index (χ0n) is 13.6. The first-order chi connectivity index (χ1) is 11.6. The van der Waals surface area contributed by atoms with Crippen LogP contribution in [0.2, 0.25) is 0 Å². The molecule has 1 aromatic carbocycles. The van der Waals surface area contributed by atoms with Gasteiger partial charge in [0.2, 0.25) is 0 Å². The number of aliphatic hydroxyl groups excluding tert-OH is 1. The number of carbonyl (C=O) groups excluding carboxylic acids is 2. The fourth-order valence-electron chi connectivity index (χ4n) is 2.04. The topological polar surface area (TPSA) is 153 Å². The van der Waals surface area contributed by atoms with Crippen LogP contribution in [0.15, 0.2) is 18.2 Å². The van der Waals surface area contributed by atoms with E-state index in [0.29, 0.717) is 0 Å². The molecule has 11 nitrogen and oxygen atoms in total. The lowest BCUT2D eigenvalue weighted by Gasteiger charge is -2.23. The van der Waals surface area contributed by atoms with Crippen LogP contribution in [0.25, 0.3) is 0 Å². The van der Waals surface area contributed by atoms with Gasteiger partial charge in [0.25, 0.3) is 17.3 Å². The van der Waals surface area contributed by atoms with Crippen molar-refractivity contribution in [1.82, 2.24) is 4.90 Å². The third kappa shape index (κ3) is 5.80. The first kappa shape index (κ1) is 20.0. The molecule has 11 heteroatoms. The Morgan fingerprint density at radius 3 is 2.12 bits per heavy atom.